The number of aromatic nitrogens is 5. The normalized spacial score (nSPS) is 11.0. The second kappa shape index (κ2) is 10.6. The highest BCUT2D eigenvalue weighted by Crippen LogP contribution is 2.25. The van der Waals surface area contributed by atoms with E-state index in [4.69, 9.17) is 5.10 Å². The Bertz CT molecular complexity index is 1190. The van der Waals surface area contributed by atoms with Gasteiger partial charge in [0.25, 0.3) is 5.91 Å². The Labute approximate surface area is 193 Å². The van der Waals surface area contributed by atoms with Gasteiger partial charge >= 0.3 is 0 Å². The summed E-state index contributed by atoms with van der Waals surface area (Å²) in [7, 11) is 0. The van der Waals surface area contributed by atoms with E-state index >= 15 is 0 Å². The number of carbonyl (C=O) groups excluding carboxylic acids is 1. The smallest absolute Gasteiger partial charge is 0.274 e. The van der Waals surface area contributed by atoms with Gasteiger partial charge in [0.2, 0.25) is 0 Å². The molecule has 0 radical (unpaired) electrons. The van der Waals surface area contributed by atoms with Gasteiger partial charge in [-0.3, -0.25) is 19.4 Å². The fraction of sp³-hybridized carbons (Fsp3) is 0.240. The highest BCUT2D eigenvalue weighted by molar-refractivity contribution is 6.04. The Morgan fingerprint density at radius 2 is 1.76 bits per heavy atom. The van der Waals surface area contributed by atoms with E-state index < -0.39 is 0 Å². The zero-order valence-corrected chi connectivity index (χ0v) is 18.8. The molecule has 0 aromatic carbocycles. The molecule has 4 aromatic rings. The molecule has 8 nitrogen and oxygen atoms in total. The minimum atomic E-state index is -0.300. The number of nitrogens with zero attached hydrogens (tertiary/aromatic N) is 6. The number of rotatable bonds is 9. The summed E-state index contributed by atoms with van der Waals surface area (Å²) < 4.78 is 1.86. The van der Waals surface area contributed by atoms with Crippen LogP contribution in [0.5, 0.6) is 0 Å². The SMILES string of the molecule is CCN(CC)CCn1cc(NC(=O)c2cccc(-c3ccncc3)n2)c(-c2ccccn2)n1. The van der Waals surface area contributed by atoms with E-state index in [0.29, 0.717) is 35.0 Å². The molecule has 0 saturated carbocycles. The lowest BCUT2D eigenvalue weighted by molar-refractivity contribution is 0.102. The van der Waals surface area contributed by atoms with Crippen molar-refractivity contribution < 1.29 is 4.79 Å². The van der Waals surface area contributed by atoms with E-state index in [1.807, 2.05) is 53.3 Å². The van der Waals surface area contributed by atoms with Crippen molar-refractivity contribution in [1.29, 1.82) is 0 Å². The fourth-order valence-electron chi connectivity index (χ4n) is 3.53. The molecular formula is C25H27N7O. The van der Waals surface area contributed by atoms with Gasteiger partial charge in [-0.1, -0.05) is 26.0 Å². The third-order valence-corrected chi connectivity index (χ3v) is 5.41. The molecule has 0 bridgehead atoms. The van der Waals surface area contributed by atoms with Crippen LogP contribution in [0.1, 0.15) is 24.3 Å². The van der Waals surface area contributed by atoms with Crippen LogP contribution < -0.4 is 5.32 Å². The van der Waals surface area contributed by atoms with E-state index in [1.165, 1.54) is 0 Å². The van der Waals surface area contributed by atoms with Gasteiger partial charge in [0.1, 0.15) is 11.4 Å². The molecule has 1 amide bonds. The van der Waals surface area contributed by atoms with Crippen LogP contribution in [0.25, 0.3) is 22.6 Å². The van der Waals surface area contributed by atoms with Gasteiger partial charge in [-0.2, -0.15) is 5.10 Å². The Hall–Kier alpha value is -3.91. The zero-order chi connectivity index (χ0) is 23.0. The highest BCUT2D eigenvalue weighted by Gasteiger charge is 2.17. The van der Waals surface area contributed by atoms with Gasteiger partial charge in [-0.05, 0) is 49.5 Å². The van der Waals surface area contributed by atoms with E-state index in [0.717, 1.165) is 25.2 Å². The maximum atomic E-state index is 13.1. The van der Waals surface area contributed by atoms with Crippen LogP contribution in [0, 0.1) is 0 Å². The Balaban J connectivity index is 1.59. The van der Waals surface area contributed by atoms with Gasteiger partial charge < -0.3 is 10.2 Å². The molecular weight excluding hydrogens is 414 g/mol. The molecule has 0 spiro atoms. The third-order valence-electron chi connectivity index (χ3n) is 5.41. The van der Waals surface area contributed by atoms with E-state index in [-0.39, 0.29) is 5.91 Å². The molecule has 0 saturated heterocycles. The van der Waals surface area contributed by atoms with Crippen LogP contribution in [0.15, 0.2) is 73.3 Å². The molecule has 0 unspecified atom stereocenters. The number of amides is 1. The zero-order valence-electron chi connectivity index (χ0n) is 18.8. The van der Waals surface area contributed by atoms with Crippen molar-refractivity contribution in [1.82, 2.24) is 29.6 Å². The van der Waals surface area contributed by atoms with Crippen molar-refractivity contribution in [3.05, 3.63) is 79.0 Å². The molecule has 8 heteroatoms. The minimum Gasteiger partial charge on any atom is -0.317 e. The summed E-state index contributed by atoms with van der Waals surface area (Å²) in [6.45, 7) is 7.84. The number of nitrogens with one attached hydrogen (secondary N) is 1. The van der Waals surface area contributed by atoms with Crippen molar-refractivity contribution >= 4 is 11.6 Å². The van der Waals surface area contributed by atoms with Crippen molar-refractivity contribution in [2.45, 2.75) is 20.4 Å². The van der Waals surface area contributed by atoms with E-state index in [2.05, 4.69) is 39.0 Å². The molecule has 4 aromatic heterocycles. The van der Waals surface area contributed by atoms with Crippen molar-refractivity contribution in [3.63, 3.8) is 0 Å². The predicted molar refractivity (Wildman–Crippen MR) is 129 cm³/mol. The Morgan fingerprint density at radius 1 is 0.970 bits per heavy atom. The van der Waals surface area contributed by atoms with Crippen LogP contribution in [0.3, 0.4) is 0 Å². The number of pyridine rings is 3. The largest absolute Gasteiger partial charge is 0.317 e. The van der Waals surface area contributed by atoms with E-state index in [9.17, 15) is 4.79 Å². The van der Waals surface area contributed by atoms with Crippen molar-refractivity contribution in [2.75, 3.05) is 25.0 Å². The molecule has 33 heavy (non-hydrogen) atoms. The lowest BCUT2D eigenvalue weighted by Gasteiger charge is -2.17. The van der Waals surface area contributed by atoms with Gasteiger partial charge in [-0.25, -0.2) is 4.98 Å². The van der Waals surface area contributed by atoms with Crippen LogP contribution in [-0.4, -0.2) is 55.2 Å². The maximum Gasteiger partial charge on any atom is 0.274 e. The molecule has 4 heterocycles. The Morgan fingerprint density at radius 3 is 2.48 bits per heavy atom. The highest BCUT2D eigenvalue weighted by atomic mass is 16.1. The average molecular weight is 442 g/mol. The average Bonchev–Trinajstić information content (AvgIpc) is 3.28. The first-order valence-electron chi connectivity index (χ1n) is 11.1. The van der Waals surface area contributed by atoms with Crippen LogP contribution >= 0.6 is 0 Å². The summed E-state index contributed by atoms with van der Waals surface area (Å²) in [6, 6.07) is 14.8. The quantitative estimate of drug-likeness (QED) is 0.422. The first kappa shape index (κ1) is 22.3. The molecule has 0 aliphatic rings. The number of hydrogen-bond donors (Lipinski definition) is 1. The predicted octanol–water partition coefficient (Wildman–Crippen LogP) is 4.00. The summed E-state index contributed by atoms with van der Waals surface area (Å²) in [5, 5.41) is 7.71. The molecule has 168 valence electrons. The summed E-state index contributed by atoms with van der Waals surface area (Å²) >= 11 is 0. The Kier molecular flexibility index (Phi) is 7.16. The monoisotopic (exact) mass is 441 g/mol. The molecule has 0 fully saturated rings. The summed E-state index contributed by atoms with van der Waals surface area (Å²) in [5.41, 5.74) is 3.88. The standard InChI is InChI=1S/C25H27N7O/c1-3-31(4-2)16-17-32-18-23(24(30-32)21-8-5-6-13-27-21)29-25(33)22-10-7-9-20(28-22)19-11-14-26-15-12-19/h5-15,18H,3-4,16-17H2,1-2H3,(H,29,33). The maximum absolute atomic E-state index is 13.1. The number of anilines is 1. The second-order valence-corrected chi connectivity index (χ2v) is 7.49. The molecule has 0 atom stereocenters. The topological polar surface area (TPSA) is 88.8 Å². The van der Waals surface area contributed by atoms with Gasteiger partial charge in [0, 0.05) is 36.9 Å². The summed E-state index contributed by atoms with van der Waals surface area (Å²) in [5.74, 6) is -0.300. The molecule has 0 aliphatic carbocycles. The molecule has 0 aliphatic heterocycles. The first-order valence-corrected chi connectivity index (χ1v) is 11.1. The summed E-state index contributed by atoms with van der Waals surface area (Å²) in [6.07, 6.45) is 6.98. The lowest BCUT2D eigenvalue weighted by atomic mass is 10.1. The lowest BCUT2D eigenvalue weighted by Crippen LogP contribution is -2.27. The van der Waals surface area contributed by atoms with Gasteiger partial charge in [0.15, 0.2) is 0 Å². The van der Waals surface area contributed by atoms with Crippen LogP contribution in [-0.2, 0) is 6.54 Å². The molecule has 1 N–H and O–H groups in total. The van der Waals surface area contributed by atoms with Crippen LogP contribution in [0.2, 0.25) is 0 Å². The van der Waals surface area contributed by atoms with Crippen molar-refractivity contribution in [2.24, 2.45) is 0 Å². The number of carbonyl (C=O) groups is 1. The first-order chi connectivity index (χ1) is 16.2. The second-order valence-electron chi connectivity index (χ2n) is 7.49. The van der Waals surface area contributed by atoms with E-state index in [1.54, 1.807) is 24.7 Å². The number of hydrogen-bond acceptors (Lipinski definition) is 6. The number of likely N-dealkylation sites (N-methyl/N-ethyl adjacent to an activating group) is 1. The summed E-state index contributed by atoms with van der Waals surface area (Å²) in [4.78, 5) is 28.4. The van der Waals surface area contributed by atoms with Gasteiger partial charge in [-0.15, -0.1) is 0 Å². The van der Waals surface area contributed by atoms with Crippen LogP contribution in [0.4, 0.5) is 5.69 Å². The minimum absolute atomic E-state index is 0.300. The fourth-order valence-corrected chi connectivity index (χ4v) is 3.53. The molecule has 4 rings (SSSR count). The third kappa shape index (κ3) is 5.48. The van der Waals surface area contributed by atoms with Gasteiger partial charge in [0.05, 0.1) is 23.6 Å². The van der Waals surface area contributed by atoms with Crippen molar-refractivity contribution in [3.8, 4) is 22.6 Å².